The second-order valence-corrected chi connectivity index (χ2v) is 2.12. The van der Waals surface area contributed by atoms with E-state index in [0.29, 0.717) is 0 Å². The summed E-state index contributed by atoms with van der Waals surface area (Å²) >= 11 is 0. The maximum Gasteiger partial charge on any atom is 0.335 e. The molecule has 4 heteroatoms. The van der Waals surface area contributed by atoms with E-state index in [1.807, 2.05) is 0 Å². The maximum atomic E-state index is 10.5. The zero-order valence-corrected chi connectivity index (χ0v) is 7.10. The zero-order valence-electron chi connectivity index (χ0n) is 7.10. The summed E-state index contributed by atoms with van der Waals surface area (Å²) in [4.78, 5) is 20.5. The van der Waals surface area contributed by atoms with Crippen molar-refractivity contribution in [3.05, 3.63) is 36.0 Å². The molecule has 0 saturated heterocycles. The molecule has 0 aromatic heterocycles. The minimum Gasteiger partial charge on any atom is -0.478 e. The van der Waals surface area contributed by atoms with Crippen LogP contribution in [0.1, 0.15) is 6.92 Å². The maximum absolute atomic E-state index is 10.5. The molecule has 0 aliphatic carbocycles. The van der Waals surface area contributed by atoms with Crippen molar-refractivity contribution < 1.29 is 19.8 Å². The van der Waals surface area contributed by atoms with E-state index in [4.69, 9.17) is 10.2 Å². The van der Waals surface area contributed by atoms with Crippen LogP contribution in [0.5, 0.6) is 0 Å². The quantitative estimate of drug-likeness (QED) is 0.506. The smallest absolute Gasteiger partial charge is 0.335 e. The van der Waals surface area contributed by atoms with Crippen LogP contribution in [0.15, 0.2) is 36.0 Å². The number of hydrogen-bond donors (Lipinski definition) is 2. The van der Waals surface area contributed by atoms with E-state index in [9.17, 15) is 9.59 Å². The predicted octanol–water partition coefficient (Wildman–Crippen LogP) is 1.21. The first kappa shape index (κ1) is 11.2. The zero-order chi connectivity index (χ0) is 10.3. The number of hydrogen-bond acceptors (Lipinski definition) is 2. The van der Waals surface area contributed by atoms with Crippen molar-refractivity contribution >= 4 is 11.9 Å². The van der Waals surface area contributed by atoms with Crippen molar-refractivity contribution in [3.8, 4) is 0 Å². The molecule has 4 nitrogen and oxygen atoms in total. The van der Waals surface area contributed by atoms with Gasteiger partial charge in [-0.05, 0) is 19.1 Å². The summed E-state index contributed by atoms with van der Waals surface area (Å²) in [7, 11) is 0. The normalized spacial score (nSPS) is 12.5. The molecule has 0 heterocycles. The second-order valence-electron chi connectivity index (χ2n) is 2.12. The number of rotatable bonds is 4. The van der Waals surface area contributed by atoms with Crippen LogP contribution in [-0.2, 0) is 9.59 Å². The highest BCUT2D eigenvalue weighted by molar-refractivity contribution is 5.92. The standard InChI is InChI=1S/C9H10O4/c1-2-3-4-7(9(12)13)5-6-8(10)11/h2-6H,1H3,(H,10,11)(H,12,13)/b3-2-,6-5+,7-4+. The van der Waals surface area contributed by atoms with E-state index in [0.717, 1.165) is 12.2 Å². The molecule has 0 aliphatic rings. The molecule has 2 N–H and O–H groups in total. The van der Waals surface area contributed by atoms with E-state index in [1.54, 1.807) is 13.0 Å². The highest BCUT2D eigenvalue weighted by Gasteiger charge is 2.01. The third kappa shape index (κ3) is 5.43. The molecule has 13 heavy (non-hydrogen) atoms. The van der Waals surface area contributed by atoms with Gasteiger partial charge in [0.05, 0.1) is 5.57 Å². The van der Waals surface area contributed by atoms with Gasteiger partial charge in [-0.25, -0.2) is 9.59 Å². The van der Waals surface area contributed by atoms with Gasteiger partial charge in [0.15, 0.2) is 0 Å². The van der Waals surface area contributed by atoms with Gasteiger partial charge >= 0.3 is 11.9 Å². The topological polar surface area (TPSA) is 74.6 Å². The van der Waals surface area contributed by atoms with Gasteiger partial charge in [-0.2, -0.15) is 0 Å². The highest BCUT2D eigenvalue weighted by Crippen LogP contribution is 1.97. The van der Waals surface area contributed by atoms with Gasteiger partial charge in [-0.3, -0.25) is 0 Å². The number of carboxylic acid groups (broad SMARTS) is 2. The fourth-order valence-corrected chi connectivity index (χ4v) is 0.559. The third-order valence-electron chi connectivity index (χ3n) is 1.12. The number of carbonyl (C=O) groups is 2. The molecule has 0 radical (unpaired) electrons. The summed E-state index contributed by atoms with van der Waals surface area (Å²) in [6.45, 7) is 1.73. The first-order chi connectivity index (χ1) is 6.07. The SMILES string of the molecule is C\C=C/C=C(\C=C\C(=O)O)C(=O)O. The number of allylic oxidation sites excluding steroid dienone is 3. The lowest BCUT2D eigenvalue weighted by Gasteiger charge is -1.90. The van der Waals surface area contributed by atoms with E-state index < -0.39 is 11.9 Å². The van der Waals surface area contributed by atoms with Gasteiger partial charge in [-0.15, -0.1) is 0 Å². The van der Waals surface area contributed by atoms with Crippen LogP contribution in [0, 0.1) is 0 Å². The van der Waals surface area contributed by atoms with E-state index in [2.05, 4.69) is 0 Å². The van der Waals surface area contributed by atoms with Crippen LogP contribution >= 0.6 is 0 Å². The molecule has 0 spiro atoms. The van der Waals surface area contributed by atoms with E-state index in [-0.39, 0.29) is 5.57 Å². The fourth-order valence-electron chi connectivity index (χ4n) is 0.559. The molecule has 0 amide bonds. The van der Waals surface area contributed by atoms with E-state index >= 15 is 0 Å². The Balaban J connectivity index is 4.63. The molecule has 0 aromatic rings. The minimum absolute atomic E-state index is 0.0690. The van der Waals surface area contributed by atoms with Crippen LogP contribution in [0.3, 0.4) is 0 Å². The summed E-state index contributed by atoms with van der Waals surface area (Å²) in [5.74, 6) is -2.33. The fraction of sp³-hybridized carbons (Fsp3) is 0.111. The molecule has 0 bridgehead atoms. The lowest BCUT2D eigenvalue weighted by molar-refractivity contribution is -0.132. The van der Waals surface area contributed by atoms with Crippen molar-refractivity contribution in [1.29, 1.82) is 0 Å². The summed E-state index contributed by atoms with van der Waals surface area (Å²) in [5, 5.41) is 16.8. The molecule has 0 aromatic carbocycles. The Morgan fingerprint density at radius 1 is 1.15 bits per heavy atom. The Hall–Kier alpha value is -1.84. The Morgan fingerprint density at radius 2 is 1.77 bits per heavy atom. The van der Waals surface area contributed by atoms with Gasteiger partial charge in [0.1, 0.15) is 0 Å². The lowest BCUT2D eigenvalue weighted by Crippen LogP contribution is -1.98. The van der Waals surface area contributed by atoms with Crippen LogP contribution in [0.25, 0.3) is 0 Å². The number of aliphatic carboxylic acids is 2. The first-order valence-corrected chi connectivity index (χ1v) is 3.55. The molecule has 0 saturated carbocycles. The second kappa shape index (κ2) is 5.77. The van der Waals surface area contributed by atoms with Crippen molar-refractivity contribution in [2.45, 2.75) is 6.92 Å². The average molecular weight is 182 g/mol. The summed E-state index contributed by atoms with van der Waals surface area (Å²) in [6.07, 6.45) is 6.31. The number of carboxylic acids is 2. The van der Waals surface area contributed by atoms with Crippen molar-refractivity contribution in [2.75, 3.05) is 0 Å². The Kier molecular flexibility index (Phi) is 4.95. The van der Waals surface area contributed by atoms with Crippen molar-refractivity contribution in [3.63, 3.8) is 0 Å². The van der Waals surface area contributed by atoms with E-state index in [1.165, 1.54) is 12.2 Å². The largest absolute Gasteiger partial charge is 0.478 e. The van der Waals surface area contributed by atoms with Gasteiger partial charge < -0.3 is 10.2 Å². The molecule has 0 rings (SSSR count). The van der Waals surface area contributed by atoms with Crippen LogP contribution < -0.4 is 0 Å². The van der Waals surface area contributed by atoms with Gasteiger partial charge in [-0.1, -0.05) is 12.2 Å². The first-order valence-electron chi connectivity index (χ1n) is 3.55. The van der Waals surface area contributed by atoms with Crippen LogP contribution in [0.2, 0.25) is 0 Å². The van der Waals surface area contributed by atoms with Gasteiger partial charge in [0.25, 0.3) is 0 Å². The molecular weight excluding hydrogens is 172 g/mol. The van der Waals surface area contributed by atoms with Gasteiger partial charge in [0, 0.05) is 6.08 Å². The van der Waals surface area contributed by atoms with Crippen LogP contribution in [-0.4, -0.2) is 22.2 Å². The average Bonchev–Trinajstić information content (AvgIpc) is 2.03. The highest BCUT2D eigenvalue weighted by atomic mass is 16.4. The summed E-state index contributed by atoms with van der Waals surface area (Å²) in [5.41, 5.74) is -0.0690. The minimum atomic E-state index is -1.17. The summed E-state index contributed by atoms with van der Waals surface area (Å²) < 4.78 is 0. The lowest BCUT2D eigenvalue weighted by atomic mass is 10.2. The monoisotopic (exact) mass is 182 g/mol. The van der Waals surface area contributed by atoms with Gasteiger partial charge in [0.2, 0.25) is 0 Å². The molecule has 0 aliphatic heterocycles. The molecule has 0 fully saturated rings. The van der Waals surface area contributed by atoms with Crippen molar-refractivity contribution in [1.82, 2.24) is 0 Å². The third-order valence-corrected chi connectivity index (χ3v) is 1.12. The molecule has 0 unspecified atom stereocenters. The Labute approximate surface area is 75.5 Å². The molecule has 70 valence electrons. The Morgan fingerprint density at radius 3 is 2.15 bits per heavy atom. The molecular formula is C9H10O4. The summed E-state index contributed by atoms with van der Waals surface area (Å²) in [6, 6.07) is 0. The van der Waals surface area contributed by atoms with Crippen molar-refractivity contribution in [2.24, 2.45) is 0 Å². The Bertz CT molecular complexity index is 284. The van der Waals surface area contributed by atoms with Crippen LogP contribution in [0.4, 0.5) is 0 Å². The molecule has 0 atom stereocenters. The predicted molar refractivity (Wildman–Crippen MR) is 47.3 cm³/mol.